The normalized spacial score (nSPS) is 11.0. The van der Waals surface area contributed by atoms with E-state index < -0.39 is 0 Å². The van der Waals surface area contributed by atoms with Crippen LogP contribution in [0.25, 0.3) is 11.1 Å². The number of nitrogens with one attached hydrogen (secondary N) is 1. The van der Waals surface area contributed by atoms with E-state index in [-0.39, 0.29) is 0 Å². The van der Waals surface area contributed by atoms with Gasteiger partial charge in [-0.1, -0.05) is 37.6 Å². The van der Waals surface area contributed by atoms with E-state index in [1.807, 2.05) is 31.3 Å². The molecule has 0 atom stereocenters. The summed E-state index contributed by atoms with van der Waals surface area (Å²) >= 11 is 6.38. The van der Waals surface area contributed by atoms with E-state index >= 15 is 0 Å². The fourth-order valence-electron chi connectivity index (χ4n) is 1.94. The van der Waals surface area contributed by atoms with E-state index in [0.717, 1.165) is 28.4 Å². The number of rotatable bonds is 4. The van der Waals surface area contributed by atoms with E-state index in [1.165, 1.54) is 5.56 Å². The Bertz CT molecular complexity index is 564. The van der Waals surface area contributed by atoms with Crippen molar-refractivity contribution in [1.29, 1.82) is 0 Å². The van der Waals surface area contributed by atoms with Crippen LogP contribution in [-0.4, -0.2) is 11.0 Å². The summed E-state index contributed by atoms with van der Waals surface area (Å²) < 4.78 is 0. The molecule has 19 heavy (non-hydrogen) atoms. The monoisotopic (exact) mass is 274 g/mol. The van der Waals surface area contributed by atoms with Gasteiger partial charge in [0, 0.05) is 35.1 Å². The van der Waals surface area contributed by atoms with Crippen LogP contribution in [0.2, 0.25) is 5.02 Å². The van der Waals surface area contributed by atoms with Gasteiger partial charge < -0.3 is 5.32 Å². The maximum Gasteiger partial charge on any atom is 0.0487 e. The van der Waals surface area contributed by atoms with E-state index in [1.54, 1.807) is 0 Å². The summed E-state index contributed by atoms with van der Waals surface area (Å²) in [5.74, 6) is 0. The highest BCUT2D eigenvalue weighted by molar-refractivity contribution is 6.33. The van der Waals surface area contributed by atoms with Crippen molar-refractivity contribution >= 4 is 11.6 Å². The van der Waals surface area contributed by atoms with E-state index in [2.05, 4.69) is 36.3 Å². The molecule has 1 N–H and O–H groups in total. The first-order valence-electron chi connectivity index (χ1n) is 6.51. The third-order valence-corrected chi connectivity index (χ3v) is 3.27. The van der Waals surface area contributed by atoms with Crippen molar-refractivity contribution in [2.45, 2.75) is 33.4 Å². The molecule has 0 bridgehead atoms. The van der Waals surface area contributed by atoms with Crippen LogP contribution < -0.4 is 5.32 Å². The molecule has 0 saturated heterocycles. The number of nitrogens with zero attached hydrogens (tertiary/aromatic N) is 1. The number of hydrogen-bond acceptors (Lipinski definition) is 2. The predicted octanol–water partition coefficient (Wildman–Crippen LogP) is 4.21. The molecule has 3 heteroatoms. The Labute approximate surface area is 119 Å². The summed E-state index contributed by atoms with van der Waals surface area (Å²) in [7, 11) is 0. The Morgan fingerprint density at radius 2 is 2.00 bits per heavy atom. The molecule has 0 aliphatic rings. The molecule has 0 radical (unpaired) electrons. The average molecular weight is 275 g/mol. The lowest BCUT2D eigenvalue weighted by Gasteiger charge is -2.10. The first kappa shape index (κ1) is 14.0. The van der Waals surface area contributed by atoms with E-state index in [4.69, 9.17) is 11.6 Å². The molecule has 0 aliphatic heterocycles. The molecule has 0 unspecified atom stereocenters. The third-order valence-electron chi connectivity index (χ3n) is 2.96. The van der Waals surface area contributed by atoms with E-state index in [9.17, 15) is 0 Å². The van der Waals surface area contributed by atoms with Crippen LogP contribution in [0.5, 0.6) is 0 Å². The fraction of sp³-hybridized carbons (Fsp3) is 0.312. The van der Waals surface area contributed by atoms with Gasteiger partial charge in [0.05, 0.1) is 0 Å². The molecule has 0 amide bonds. The first-order chi connectivity index (χ1) is 9.06. The first-order valence-corrected chi connectivity index (χ1v) is 6.89. The molecule has 1 aromatic carbocycles. The maximum atomic E-state index is 6.38. The van der Waals surface area contributed by atoms with Crippen LogP contribution in [0.15, 0.2) is 36.5 Å². The molecule has 1 heterocycles. The van der Waals surface area contributed by atoms with Crippen LogP contribution >= 0.6 is 11.6 Å². The summed E-state index contributed by atoms with van der Waals surface area (Å²) in [4.78, 5) is 4.21. The van der Waals surface area contributed by atoms with Crippen molar-refractivity contribution in [3.05, 3.63) is 52.8 Å². The molecule has 0 saturated carbocycles. The molecular formula is C16H19ClN2. The van der Waals surface area contributed by atoms with Gasteiger partial charge in [-0.05, 0) is 36.2 Å². The van der Waals surface area contributed by atoms with E-state index in [0.29, 0.717) is 6.04 Å². The molecule has 0 spiro atoms. The van der Waals surface area contributed by atoms with Crippen LogP contribution in [0.3, 0.4) is 0 Å². The van der Waals surface area contributed by atoms with Gasteiger partial charge >= 0.3 is 0 Å². The molecule has 100 valence electrons. The highest BCUT2D eigenvalue weighted by Gasteiger charge is 2.05. The van der Waals surface area contributed by atoms with Gasteiger partial charge in [-0.2, -0.15) is 0 Å². The summed E-state index contributed by atoms with van der Waals surface area (Å²) in [6.45, 7) is 7.09. The highest BCUT2D eigenvalue weighted by atomic mass is 35.5. The van der Waals surface area contributed by atoms with Gasteiger partial charge in [0.25, 0.3) is 0 Å². The molecule has 1 aromatic heterocycles. The van der Waals surface area contributed by atoms with Crippen molar-refractivity contribution in [3.8, 4) is 11.1 Å². The number of pyridine rings is 1. The zero-order valence-electron chi connectivity index (χ0n) is 11.6. The second-order valence-electron chi connectivity index (χ2n) is 5.04. The van der Waals surface area contributed by atoms with Crippen LogP contribution in [0, 0.1) is 6.92 Å². The predicted molar refractivity (Wildman–Crippen MR) is 81.4 cm³/mol. The molecule has 2 rings (SSSR count). The van der Waals surface area contributed by atoms with Gasteiger partial charge in [-0.3, -0.25) is 4.98 Å². The van der Waals surface area contributed by atoms with Crippen LogP contribution in [-0.2, 0) is 6.54 Å². The summed E-state index contributed by atoms with van der Waals surface area (Å²) in [5, 5.41) is 4.17. The van der Waals surface area contributed by atoms with Crippen molar-refractivity contribution in [2.24, 2.45) is 0 Å². The Morgan fingerprint density at radius 1 is 1.21 bits per heavy atom. The number of aryl methyl sites for hydroxylation is 1. The minimum Gasteiger partial charge on any atom is -0.310 e. The smallest absolute Gasteiger partial charge is 0.0487 e. The van der Waals surface area contributed by atoms with Gasteiger partial charge in [-0.25, -0.2) is 0 Å². The Balaban J connectivity index is 2.24. The molecule has 2 aromatic rings. The van der Waals surface area contributed by atoms with Crippen molar-refractivity contribution < 1.29 is 0 Å². The van der Waals surface area contributed by atoms with Gasteiger partial charge in [0.1, 0.15) is 0 Å². The summed E-state index contributed by atoms with van der Waals surface area (Å²) in [6.07, 6.45) is 1.81. The molecule has 0 fully saturated rings. The second kappa shape index (κ2) is 6.18. The van der Waals surface area contributed by atoms with Gasteiger partial charge in [0.2, 0.25) is 0 Å². The molecule has 0 aliphatic carbocycles. The quantitative estimate of drug-likeness (QED) is 0.903. The Morgan fingerprint density at radius 3 is 2.63 bits per heavy atom. The topological polar surface area (TPSA) is 24.9 Å². The standard InChI is InChI=1S/C16H19ClN2/c1-11(2)19-10-13-4-5-15(16(17)9-13)14-6-7-18-12(3)8-14/h4-9,11,19H,10H2,1-3H3. The summed E-state index contributed by atoms with van der Waals surface area (Å²) in [6, 6.07) is 10.7. The van der Waals surface area contributed by atoms with Crippen LogP contribution in [0.4, 0.5) is 0 Å². The second-order valence-corrected chi connectivity index (χ2v) is 5.44. The number of halogens is 1. The Kier molecular flexibility index (Phi) is 4.56. The lowest BCUT2D eigenvalue weighted by atomic mass is 10.0. The minimum absolute atomic E-state index is 0.473. The lowest BCUT2D eigenvalue weighted by Crippen LogP contribution is -2.21. The largest absolute Gasteiger partial charge is 0.310 e. The van der Waals surface area contributed by atoms with Crippen molar-refractivity contribution in [3.63, 3.8) is 0 Å². The fourth-order valence-corrected chi connectivity index (χ4v) is 2.25. The zero-order chi connectivity index (χ0) is 13.8. The number of benzene rings is 1. The SMILES string of the molecule is Cc1cc(-c2ccc(CNC(C)C)cc2Cl)ccn1. The van der Waals surface area contributed by atoms with Gasteiger partial charge in [-0.15, -0.1) is 0 Å². The van der Waals surface area contributed by atoms with Gasteiger partial charge in [0.15, 0.2) is 0 Å². The molecular weight excluding hydrogens is 256 g/mol. The Hall–Kier alpha value is -1.38. The number of aromatic nitrogens is 1. The zero-order valence-corrected chi connectivity index (χ0v) is 12.3. The highest BCUT2D eigenvalue weighted by Crippen LogP contribution is 2.28. The summed E-state index contributed by atoms with van der Waals surface area (Å²) in [5.41, 5.74) is 4.37. The van der Waals surface area contributed by atoms with Crippen LogP contribution in [0.1, 0.15) is 25.1 Å². The maximum absolute atomic E-state index is 6.38. The minimum atomic E-state index is 0.473. The third kappa shape index (κ3) is 3.79. The lowest BCUT2D eigenvalue weighted by molar-refractivity contribution is 0.589. The van der Waals surface area contributed by atoms with Crippen molar-refractivity contribution in [1.82, 2.24) is 10.3 Å². The molecule has 2 nitrogen and oxygen atoms in total. The van der Waals surface area contributed by atoms with Crippen molar-refractivity contribution in [2.75, 3.05) is 0 Å². The average Bonchev–Trinajstić information content (AvgIpc) is 2.36. The number of hydrogen-bond donors (Lipinski definition) is 1.